The lowest BCUT2D eigenvalue weighted by atomic mass is 10.2. The normalized spacial score (nSPS) is 18.8. The van der Waals surface area contributed by atoms with Crippen LogP contribution in [0.2, 0.25) is 0 Å². The first-order valence-corrected chi connectivity index (χ1v) is 7.50. The summed E-state index contributed by atoms with van der Waals surface area (Å²) in [5.41, 5.74) is 9.10. The van der Waals surface area contributed by atoms with E-state index in [9.17, 15) is 0 Å². The molecular weight excluding hydrogens is 260 g/mol. The van der Waals surface area contributed by atoms with Crippen LogP contribution in [0.4, 0.5) is 5.69 Å². The molecule has 2 aromatic rings. The second-order valence-corrected chi connectivity index (χ2v) is 5.77. The molecule has 1 heterocycles. The van der Waals surface area contributed by atoms with E-state index in [2.05, 4.69) is 35.2 Å². The van der Waals surface area contributed by atoms with Gasteiger partial charge in [-0.15, -0.1) is 0 Å². The molecular formula is C18H22N2O. The van der Waals surface area contributed by atoms with E-state index in [-0.39, 0.29) is 6.10 Å². The molecule has 2 aromatic carbocycles. The molecule has 3 heteroatoms. The summed E-state index contributed by atoms with van der Waals surface area (Å²) < 4.78 is 6.08. The van der Waals surface area contributed by atoms with Gasteiger partial charge in [-0.25, -0.2) is 0 Å². The van der Waals surface area contributed by atoms with E-state index >= 15 is 0 Å². The highest BCUT2D eigenvalue weighted by Crippen LogP contribution is 2.23. The summed E-state index contributed by atoms with van der Waals surface area (Å²) in [7, 11) is 0. The molecule has 0 saturated carbocycles. The monoisotopic (exact) mass is 282 g/mol. The van der Waals surface area contributed by atoms with Gasteiger partial charge in [-0.2, -0.15) is 0 Å². The van der Waals surface area contributed by atoms with Gasteiger partial charge in [-0.05, 0) is 42.7 Å². The SMILES string of the molecule is Cc1cc(OC2CCN(Cc3ccccc3)C2)ccc1N. The molecule has 1 saturated heterocycles. The van der Waals surface area contributed by atoms with Crippen molar-refractivity contribution < 1.29 is 4.74 Å². The predicted molar refractivity (Wildman–Crippen MR) is 86.3 cm³/mol. The number of benzene rings is 2. The highest BCUT2D eigenvalue weighted by atomic mass is 16.5. The fourth-order valence-corrected chi connectivity index (χ4v) is 2.79. The van der Waals surface area contributed by atoms with Gasteiger partial charge in [0.25, 0.3) is 0 Å². The quantitative estimate of drug-likeness (QED) is 0.875. The average Bonchev–Trinajstić information content (AvgIpc) is 2.91. The van der Waals surface area contributed by atoms with Crippen molar-refractivity contribution in [3.63, 3.8) is 0 Å². The Morgan fingerprint density at radius 2 is 2.00 bits per heavy atom. The van der Waals surface area contributed by atoms with Crippen LogP contribution >= 0.6 is 0 Å². The van der Waals surface area contributed by atoms with E-state index in [0.29, 0.717) is 0 Å². The van der Waals surface area contributed by atoms with Crippen molar-refractivity contribution in [3.8, 4) is 5.75 Å². The third-order valence-electron chi connectivity index (χ3n) is 4.02. The molecule has 1 unspecified atom stereocenters. The van der Waals surface area contributed by atoms with Crippen LogP contribution in [0.1, 0.15) is 17.5 Å². The van der Waals surface area contributed by atoms with Gasteiger partial charge in [0.05, 0.1) is 0 Å². The molecule has 0 amide bonds. The number of likely N-dealkylation sites (tertiary alicyclic amines) is 1. The molecule has 1 atom stereocenters. The summed E-state index contributed by atoms with van der Waals surface area (Å²) in [6.07, 6.45) is 1.35. The second-order valence-electron chi connectivity index (χ2n) is 5.77. The Morgan fingerprint density at radius 3 is 2.76 bits per heavy atom. The number of nitrogens with two attached hydrogens (primary N) is 1. The van der Waals surface area contributed by atoms with Crippen molar-refractivity contribution in [1.29, 1.82) is 0 Å². The number of rotatable bonds is 4. The largest absolute Gasteiger partial charge is 0.489 e. The lowest BCUT2D eigenvalue weighted by Gasteiger charge is -2.17. The minimum Gasteiger partial charge on any atom is -0.489 e. The molecule has 3 nitrogen and oxygen atoms in total. The molecule has 110 valence electrons. The van der Waals surface area contributed by atoms with Gasteiger partial charge in [0.2, 0.25) is 0 Å². The van der Waals surface area contributed by atoms with Crippen LogP contribution in [-0.2, 0) is 6.54 Å². The molecule has 1 aliphatic rings. The fourth-order valence-electron chi connectivity index (χ4n) is 2.79. The minimum atomic E-state index is 0.275. The number of hydrogen-bond acceptors (Lipinski definition) is 3. The average molecular weight is 282 g/mol. The zero-order chi connectivity index (χ0) is 14.7. The molecule has 0 bridgehead atoms. The Kier molecular flexibility index (Phi) is 4.11. The maximum absolute atomic E-state index is 6.08. The minimum absolute atomic E-state index is 0.275. The molecule has 0 spiro atoms. The van der Waals surface area contributed by atoms with Crippen LogP contribution in [0, 0.1) is 6.92 Å². The van der Waals surface area contributed by atoms with E-state index in [1.807, 2.05) is 25.1 Å². The summed E-state index contributed by atoms with van der Waals surface area (Å²) in [6, 6.07) is 16.5. The van der Waals surface area contributed by atoms with E-state index in [0.717, 1.165) is 43.1 Å². The van der Waals surface area contributed by atoms with Crippen molar-refractivity contribution in [1.82, 2.24) is 4.90 Å². The molecule has 1 aliphatic heterocycles. The molecule has 0 radical (unpaired) electrons. The summed E-state index contributed by atoms with van der Waals surface area (Å²) in [6.45, 7) is 5.09. The number of ether oxygens (including phenoxy) is 1. The standard InChI is InChI=1S/C18H22N2O/c1-14-11-16(7-8-18(14)19)21-17-9-10-20(13-17)12-15-5-3-2-4-6-15/h2-8,11,17H,9-10,12-13,19H2,1H3. The Labute approximate surface area is 126 Å². The van der Waals surface area contributed by atoms with Crippen LogP contribution in [-0.4, -0.2) is 24.1 Å². The Hall–Kier alpha value is -2.00. The lowest BCUT2D eigenvalue weighted by Crippen LogP contribution is -2.24. The van der Waals surface area contributed by atoms with Crippen molar-refractivity contribution in [2.75, 3.05) is 18.8 Å². The van der Waals surface area contributed by atoms with Gasteiger partial charge in [-0.1, -0.05) is 30.3 Å². The first-order chi connectivity index (χ1) is 10.2. The third kappa shape index (κ3) is 3.56. The van der Waals surface area contributed by atoms with Gasteiger partial charge >= 0.3 is 0 Å². The zero-order valence-corrected chi connectivity index (χ0v) is 12.5. The molecule has 21 heavy (non-hydrogen) atoms. The molecule has 1 fully saturated rings. The lowest BCUT2D eigenvalue weighted by molar-refractivity contribution is 0.198. The van der Waals surface area contributed by atoms with Crippen LogP contribution in [0.25, 0.3) is 0 Å². The maximum atomic E-state index is 6.08. The fraction of sp³-hybridized carbons (Fsp3) is 0.333. The summed E-state index contributed by atoms with van der Waals surface area (Å²) in [4.78, 5) is 2.45. The van der Waals surface area contributed by atoms with E-state index < -0.39 is 0 Å². The molecule has 0 aliphatic carbocycles. The topological polar surface area (TPSA) is 38.5 Å². The molecule has 3 rings (SSSR count). The predicted octanol–water partition coefficient (Wildman–Crippen LogP) is 3.23. The summed E-state index contributed by atoms with van der Waals surface area (Å²) >= 11 is 0. The van der Waals surface area contributed by atoms with Gasteiger partial charge in [-0.3, -0.25) is 4.90 Å². The summed E-state index contributed by atoms with van der Waals surface area (Å²) in [5, 5.41) is 0. The highest BCUT2D eigenvalue weighted by Gasteiger charge is 2.23. The second kappa shape index (κ2) is 6.19. The van der Waals surface area contributed by atoms with Crippen molar-refractivity contribution in [2.24, 2.45) is 0 Å². The number of hydrogen-bond donors (Lipinski definition) is 1. The van der Waals surface area contributed by atoms with Gasteiger partial charge < -0.3 is 10.5 Å². The Morgan fingerprint density at radius 1 is 1.19 bits per heavy atom. The number of anilines is 1. The zero-order valence-electron chi connectivity index (χ0n) is 12.5. The maximum Gasteiger partial charge on any atom is 0.120 e. The summed E-state index contributed by atoms with van der Waals surface area (Å²) in [5.74, 6) is 0.924. The van der Waals surface area contributed by atoms with Crippen molar-refractivity contribution in [3.05, 3.63) is 59.7 Å². The first-order valence-electron chi connectivity index (χ1n) is 7.50. The van der Waals surface area contributed by atoms with E-state index in [1.165, 1.54) is 5.56 Å². The van der Waals surface area contributed by atoms with Gasteiger partial charge in [0.15, 0.2) is 0 Å². The van der Waals surface area contributed by atoms with E-state index in [4.69, 9.17) is 10.5 Å². The van der Waals surface area contributed by atoms with Crippen LogP contribution in [0.3, 0.4) is 0 Å². The number of aryl methyl sites for hydroxylation is 1. The van der Waals surface area contributed by atoms with Crippen LogP contribution < -0.4 is 10.5 Å². The molecule has 0 aromatic heterocycles. The first kappa shape index (κ1) is 14.0. The highest BCUT2D eigenvalue weighted by molar-refractivity contribution is 5.49. The Bertz CT molecular complexity index is 597. The van der Waals surface area contributed by atoms with Gasteiger partial charge in [0.1, 0.15) is 11.9 Å². The van der Waals surface area contributed by atoms with Gasteiger partial charge in [0, 0.05) is 25.3 Å². The Balaban J connectivity index is 1.56. The smallest absolute Gasteiger partial charge is 0.120 e. The van der Waals surface area contributed by atoms with Crippen molar-refractivity contribution in [2.45, 2.75) is 26.0 Å². The number of nitrogen functional groups attached to an aromatic ring is 1. The van der Waals surface area contributed by atoms with Crippen LogP contribution in [0.15, 0.2) is 48.5 Å². The number of nitrogens with zero attached hydrogens (tertiary/aromatic N) is 1. The van der Waals surface area contributed by atoms with Crippen molar-refractivity contribution >= 4 is 5.69 Å². The van der Waals surface area contributed by atoms with E-state index in [1.54, 1.807) is 0 Å². The molecule has 2 N–H and O–H groups in total. The van der Waals surface area contributed by atoms with Crippen LogP contribution in [0.5, 0.6) is 5.75 Å². The third-order valence-corrected chi connectivity index (χ3v) is 4.02.